The molecule has 15 heavy (non-hydrogen) atoms. The number of ether oxygens (including phenoxy) is 1. The molecule has 1 amide bonds. The number of nitrogens with zero attached hydrogens (tertiary/aromatic N) is 1. The van der Waals surface area contributed by atoms with Crippen LogP contribution in [-0.2, 0) is 14.3 Å². The minimum absolute atomic E-state index is 0.120. The first-order chi connectivity index (χ1) is 7.01. The summed E-state index contributed by atoms with van der Waals surface area (Å²) in [5, 5.41) is 0. The molecule has 0 aliphatic carbocycles. The molecule has 0 unspecified atom stereocenters. The summed E-state index contributed by atoms with van der Waals surface area (Å²) in [5.41, 5.74) is 5.39. The predicted octanol–water partition coefficient (Wildman–Crippen LogP) is -0.0871. The molecule has 0 rings (SSSR count). The first kappa shape index (κ1) is 13.6. The van der Waals surface area contributed by atoms with Crippen LogP contribution in [0, 0.1) is 0 Å². The van der Waals surface area contributed by atoms with Crippen molar-refractivity contribution in [3.8, 4) is 0 Å². The van der Waals surface area contributed by atoms with E-state index >= 15 is 0 Å². The minimum atomic E-state index is -0.430. The van der Waals surface area contributed by atoms with Crippen LogP contribution in [0.25, 0.3) is 0 Å². The fraction of sp³-hybridized carbons (Fsp3) is 0.600. The Morgan fingerprint density at radius 2 is 1.93 bits per heavy atom. The molecule has 0 aromatic rings. The van der Waals surface area contributed by atoms with E-state index in [-0.39, 0.29) is 6.54 Å². The summed E-state index contributed by atoms with van der Waals surface area (Å²) < 4.78 is 4.77. The molecule has 0 saturated carbocycles. The minimum Gasteiger partial charge on any atom is -0.463 e. The Morgan fingerprint density at radius 1 is 1.33 bits per heavy atom. The summed E-state index contributed by atoms with van der Waals surface area (Å²) in [6.07, 6.45) is 0. The van der Waals surface area contributed by atoms with Gasteiger partial charge in [-0.15, -0.1) is 0 Å². The van der Waals surface area contributed by atoms with E-state index in [4.69, 9.17) is 10.5 Å². The van der Waals surface area contributed by atoms with Gasteiger partial charge in [0.1, 0.15) is 0 Å². The zero-order chi connectivity index (χ0) is 11.8. The van der Waals surface area contributed by atoms with Gasteiger partial charge >= 0.3 is 5.97 Å². The van der Waals surface area contributed by atoms with E-state index in [0.717, 1.165) is 0 Å². The lowest BCUT2D eigenvalue weighted by molar-refractivity contribution is -0.139. The molecule has 0 radical (unpaired) electrons. The molecule has 5 heteroatoms. The number of likely N-dealkylation sites (N-methyl/N-ethyl adjacent to an activating group) is 1. The summed E-state index contributed by atoms with van der Waals surface area (Å²) >= 11 is 0. The van der Waals surface area contributed by atoms with Gasteiger partial charge in [0.15, 0.2) is 0 Å². The van der Waals surface area contributed by atoms with Crippen molar-refractivity contribution >= 4 is 11.9 Å². The average molecular weight is 214 g/mol. The van der Waals surface area contributed by atoms with Gasteiger partial charge in [-0.25, -0.2) is 4.79 Å². The van der Waals surface area contributed by atoms with Crippen LogP contribution in [0.5, 0.6) is 0 Å². The summed E-state index contributed by atoms with van der Waals surface area (Å²) in [5.74, 6) is -0.853. The van der Waals surface area contributed by atoms with Crippen LogP contribution in [-0.4, -0.2) is 43.0 Å². The molecule has 86 valence electrons. The number of hydrogen-bond acceptors (Lipinski definition) is 4. The number of rotatable bonds is 7. The van der Waals surface area contributed by atoms with Gasteiger partial charge in [0.05, 0.1) is 13.2 Å². The fourth-order valence-corrected chi connectivity index (χ4v) is 1.07. The summed E-state index contributed by atoms with van der Waals surface area (Å²) in [4.78, 5) is 23.6. The Bertz CT molecular complexity index is 251. The van der Waals surface area contributed by atoms with Crippen LogP contribution >= 0.6 is 0 Å². The fourth-order valence-electron chi connectivity index (χ4n) is 1.07. The van der Waals surface area contributed by atoms with Crippen molar-refractivity contribution in [2.24, 2.45) is 5.73 Å². The molecule has 5 nitrogen and oxygen atoms in total. The summed E-state index contributed by atoms with van der Waals surface area (Å²) in [7, 11) is 0. The molecule has 0 aromatic carbocycles. The van der Waals surface area contributed by atoms with E-state index in [1.54, 1.807) is 11.8 Å². The van der Waals surface area contributed by atoms with Crippen LogP contribution in [0.4, 0.5) is 0 Å². The lowest BCUT2D eigenvalue weighted by atomic mass is 10.3. The van der Waals surface area contributed by atoms with Crippen LogP contribution in [0.2, 0.25) is 0 Å². The van der Waals surface area contributed by atoms with Crippen molar-refractivity contribution in [3.05, 3.63) is 12.2 Å². The largest absolute Gasteiger partial charge is 0.463 e. The standard InChI is InChI=1S/C10H18N2O3/c1-4-12(7-9(11)13)6-8(3)10(14)15-5-2/h3-7H2,1-2H3,(H2,11,13). The molecule has 0 atom stereocenters. The van der Waals surface area contributed by atoms with Crippen LogP contribution < -0.4 is 5.73 Å². The van der Waals surface area contributed by atoms with Gasteiger partial charge in [0.2, 0.25) is 5.91 Å². The first-order valence-corrected chi connectivity index (χ1v) is 4.86. The number of carbonyl (C=O) groups is 2. The number of nitrogens with two attached hydrogens (primary N) is 1. The maximum absolute atomic E-state index is 11.2. The molecule has 0 aliphatic rings. The molecule has 0 heterocycles. The van der Waals surface area contributed by atoms with Crippen molar-refractivity contribution in [1.82, 2.24) is 4.90 Å². The third kappa shape index (κ3) is 5.85. The number of esters is 1. The topological polar surface area (TPSA) is 72.6 Å². The molecule has 0 fully saturated rings. The van der Waals surface area contributed by atoms with E-state index < -0.39 is 11.9 Å². The molecule has 0 aliphatic heterocycles. The molecule has 0 spiro atoms. The lowest BCUT2D eigenvalue weighted by Crippen LogP contribution is -2.36. The monoisotopic (exact) mass is 214 g/mol. The maximum Gasteiger partial charge on any atom is 0.334 e. The highest BCUT2D eigenvalue weighted by Crippen LogP contribution is 1.99. The summed E-state index contributed by atoms with van der Waals surface area (Å²) in [6, 6.07) is 0. The normalized spacial score (nSPS) is 10.1. The van der Waals surface area contributed by atoms with E-state index in [0.29, 0.717) is 25.3 Å². The van der Waals surface area contributed by atoms with Crippen LogP contribution in [0.15, 0.2) is 12.2 Å². The van der Waals surface area contributed by atoms with Crippen molar-refractivity contribution in [2.45, 2.75) is 13.8 Å². The molecule has 0 bridgehead atoms. The van der Waals surface area contributed by atoms with Gasteiger partial charge in [-0.2, -0.15) is 0 Å². The smallest absolute Gasteiger partial charge is 0.334 e. The van der Waals surface area contributed by atoms with E-state index in [2.05, 4.69) is 6.58 Å². The highest BCUT2D eigenvalue weighted by Gasteiger charge is 2.13. The molecular formula is C10H18N2O3. The van der Waals surface area contributed by atoms with Gasteiger partial charge in [-0.05, 0) is 13.5 Å². The van der Waals surface area contributed by atoms with Crippen molar-refractivity contribution in [2.75, 3.05) is 26.2 Å². The Morgan fingerprint density at radius 3 is 2.33 bits per heavy atom. The second-order valence-electron chi connectivity index (χ2n) is 3.09. The maximum atomic E-state index is 11.2. The number of amides is 1. The van der Waals surface area contributed by atoms with E-state index in [1.807, 2.05) is 6.92 Å². The number of hydrogen-bond donors (Lipinski definition) is 1. The highest BCUT2D eigenvalue weighted by atomic mass is 16.5. The third-order valence-electron chi connectivity index (χ3n) is 1.81. The third-order valence-corrected chi connectivity index (χ3v) is 1.81. The Labute approximate surface area is 89.9 Å². The second-order valence-corrected chi connectivity index (χ2v) is 3.09. The Balaban J connectivity index is 4.11. The van der Waals surface area contributed by atoms with Crippen LogP contribution in [0.1, 0.15) is 13.8 Å². The first-order valence-electron chi connectivity index (χ1n) is 4.86. The Kier molecular flexibility index (Phi) is 6.37. The lowest BCUT2D eigenvalue weighted by Gasteiger charge is -2.18. The molecule has 0 aromatic heterocycles. The quantitative estimate of drug-likeness (QED) is 0.475. The van der Waals surface area contributed by atoms with Gasteiger partial charge in [0.25, 0.3) is 0 Å². The average Bonchev–Trinajstić information content (AvgIpc) is 2.16. The van der Waals surface area contributed by atoms with Crippen molar-refractivity contribution in [1.29, 1.82) is 0 Å². The second kappa shape index (κ2) is 7.00. The van der Waals surface area contributed by atoms with E-state index in [9.17, 15) is 9.59 Å². The Hall–Kier alpha value is -1.36. The van der Waals surface area contributed by atoms with Gasteiger partial charge in [0, 0.05) is 12.1 Å². The van der Waals surface area contributed by atoms with Crippen LogP contribution in [0.3, 0.4) is 0 Å². The van der Waals surface area contributed by atoms with Gasteiger partial charge < -0.3 is 10.5 Å². The molecule has 0 saturated heterocycles. The molecule has 2 N–H and O–H groups in total. The van der Waals surface area contributed by atoms with Gasteiger partial charge in [-0.3, -0.25) is 9.69 Å². The molecular weight excluding hydrogens is 196 g/mol. The number of carbonyl (C=O) groups excluding carboxylic acids is 2. The summed E-state index contributed by atoms with van der Waals surface area (Å²) in [6.45, 7) is 8.57. The van der Waals surface area contributed by atoms with Crippen molar-refractivity contribution < 1.29 is 14.3 Å². The number of primary amides is 1. The van der Waals surface area contributed by atoms with Crippen molar-refractivity contribution in [3.63, 3.8) is 0 Å². The van der Waals surface area contributed by atoms with E-state index in [1.165, 1.54) is 0 Å². The van der Waals surface area contributed by atoms with Gasteiger partial charge in [-0.1, -0.05) is 13.5 Å². The predicted molar refractivity (Wildman–Crippen MR) is 57.1 cm³/mol. The zero-order valence-electron chi connectivity index (χ0n) is 9.28. The zero-order valence-corrected chi connectivity index (χ0v) is 9.28. The highest BCUT2D eigenvalue weighted by molar-refractivity contribution is 5.88. The SMILES string of the molecule is C=C(CN(CC)CC(N)=O)C(=O)OCC.